The molecule has 0 spiro atoms. The molecule has 4 fully saturated rings. The lowest BCUT2D eigenvalue weighted by molar-refractivity contribution is -0.143. The average Bonchev–Trinajstić information content (AvgIpc) is 1.62. The van der Waals surface area contributed by atoms with Crippen molar-refractivity contribution in [3.05, 3.63) is 180 Å². The summed E-state index contributed by atoms with van der Waals surface area (Å²) in [6, 6.07) is 17.9. The van der Waals surface area contributed by atoms with Gasteiger partial charge in [0.25, 0.3) is 0 Å². The van der Waals surface area contributed by atoms with E-state index in [4.69, 9.17) is 22.3 Å². The third kappa shape index (κ3) is 23.4. The summed E-state index contributed by atoms with van der Waals surface area (Å²) in [6.07, 6.45) is 2.69. The molecule has 634 valence electrons. The van der Waals surface area contributed by atoms with Crippen molar-refractivity contribution in [3.8, 4) is 0 Å². The number of amides is 9. The highest BCUT2D eigenvalue weighted by Gasteiger charge is 2.47. The number of fused-ring (bicyclic) bond motifs is 9. The normalized spacial score (nSPS) is 25.4. The molecule has 12 rings (SSSR count). The summed E-state index contributed by atoms with van der Waals surface area (Å²) in [4.78, 5) is 210. The van der Waals surface area contributed by atoms with Crippen molar-refractivity contribution < 1.29 is 67.7 Å². The first-order chi connectivity index (χ1) is 57.9. The highest BCUT2D eigenvalue weighted by atomic mass is 33.1. The minimum Gasteiger partial charge on any atom is -0.391 e. The number of aliphatic hydroxyl groups is 2. The topological polar surface area (TPSA) is 549 Å². The first-order valence-corrected chi connectivity index (χ1v) is 42.6. The van der Waals surface area contributed by atoms with Gasteiger partial charge in [-0.15, -0.1) is 0 Å². The molecule has 0 unspecified atom stereocenters. The molecule has 4 aromatic heterocycles. The predicted octanol–water partition coefficient (Wildman–Crippen LogP) is 0.830. The molecule has 120 heavy (non-hydrogen) atoms. The van der Waals surface area contributed by atoms with Gasteiger partial charge in [-0.2, -0.15) is 0 Å². The lowest BCUT2D eigenvalue weighted by Crippen LogP contribution is -2.61. The maximum atomic E-state index is 16.1. The molecule has 8 heterocycles. The molecule has 4 aromatic carbocycles. The number of Topliss-reactive ketones (excluding diaryl/α,β-unsaturated/α-hetero) is 3. The van der Waals surface area contributed by atoms with Crippen LogP contribution in [-0.4, -0.2) is 237 Å². The molecule has 4 aliphatic rings. The van der Waals surface area contributed by atoms with Crippen LogP contribution in [0.3, 0.4) is 0 Å². The number of carbonyl (C=O) groups excluding carboxylic acids is 12. The summed E-state index contributed by atoms with van der Waals surface area (Å²) >= 11 is 0. The minimum atomic E-state index is -1.70. The summed E-state index contributed by atoms with van der Waals surface area (Å²) in [5.74, 6) is -15.4. The largest absolute Gasteiger partial charge is 0.391 e. The molecule has 9 amide bonds. The number of aliphatic hydroxyl groups excluding tert-OH is 2. The van der Waals surface area contributed by atoms with E-state index in [2.05, 4.69) is 77.8 Å². The minimum absolute atomic E-state index is 0.0343. The quantitative estimate of drug-likeness (QED) is 0.0217. The molecule has 8 aromatic rings. The summed E-state index contributed by atoms with van der Waals surface area (Å²) in [5.41, 5.74) is 15.6. The van der Waals surface area contributed by atoms with Crippen molar-refractivity contribution >= 4 is 126 Å². The van der Waals surface area contributed by atoms with Crippen LogP contribution in [0.25, 0.3) is 21.8 Å². The van der Waals surface area contributed by atoms with E-state index in [1.165, 1.54) is 29.9 Å². The number of rotatable bonds is 20. The monoisotopic (exact) mass is 1680 g/mol. The summed E-state index contributed by atoms with van der Waals surface area (Å²) < 4.78 is 0. The fraction of sp³-hybridized carbons (Fsp3) is 0.422. The van der Waals surface area contributed by atoms with Gasteiger partial charge in [0, 0.05) is 154 Å². The van der Waals surface area contributed by atoms with Gasteiger partial charge in [0.15, 0.2) is 23.5 Å². The van der Waals surface area contributed by atoms with Gasteiger partial charge in [-0.25, -0.2) is 9.97 Å². The maximum Gasteiger partial charge on any atom is 0.246 e. The van der Waals surface area contributed by atoms with Gasteiger partial charge in [0.1, 0.15) is 48.1 Å². The third-order valence-corrected chi connectivity index (χ3v) is 24.6. The Morgan fingerprint density at radius 2 is 0.892 bits per heavy atom. The standard InChI is InChI=1S/C83H101N21O14S2/c84-82(85)90-23-11-21-61-71(108)30-48(27-50-36-92-59-19-9-7-17-57(50)59)70(107)32-52-42-119-120-43-67(81(118)104-41-56(106)35-69(104)79(116)101-66(33-54-39-89-45-95-54)78(115)99-64(75(112)96-61)26-47-15-5-2-6-16-47)102-77(114)65(29-51-37-93-60-20-10-8-18-58(51)60)100-74(111)62(22-12-24-91-83(86)87)97-76(113)63(25-46-13-3-1-4-14-46)98-73(110)49(28-53-38-88-44-94-53)31-72(109)68-34-55(105)40-103(68)80(52)117/h1-10,13-20,36-39,44-45,48-49,52,55-56,61-69,92-93,105-106H,11-12,21-35,40-43H2,(H,88,94)(H,89,95)(H,96,112)(H,97,113)(H,98,110)(H,99,115)(H,100,111)(H,101,116)(H,102,114)(H4,84,85,90)(H4,86,87,91)/t48-,49-,52+,55-,56-,61+,62+,63-,64-,65+,66+,67+,68+,69+/m1/s1. The van der Waals surface area contributed by atoms with E-state index < -0.39 is 199 Å². The number of nitrogens with zero attached hydrogens (tertiary/aromatic N) is 4. The number of hydrogen-bond donors (Lipinski definition) is 19. The van der Waals surface area contributed by atoms with Crippen molar-refractivity contribution in [2.45, 2.75) is 163 Å². The molecule has 2 bridgehead atoms. The highest BCUT2D eigenvalue weighted by molar-refractivity contribution is 8.76. The van der Waals surface area contributed by atoms with Crippen molar-refractivity contribution in [2.24, 2.45) is 29.2 Å². The SMILES string of the molecule is N=C(N)NCCC[C@@H]1NC(=O)[C@@H](Cc2ccccc2)NC(=O)[C@H](Cc2c[nH]cn2)NC(=O)[C@@H]2C[C@@H](O)CN2C(=O)[C@@H]2CSSC[C@H](CC(=O)[C@H](Cc3c[nH]c4ccccc34)CC1=O)C(=O)N1C[C@H](O)C[C@H]1C(=O)C[C@@H](Cc1c[nH]cn1)C(=O)N[C@H](Cc1ccccc1)C(=O)N[C@@H](CCCNC(=N)N)C(=O)N[C@@H](Cc1c[nH]c3ccccc13)C(=O)N2. The Labute approximate surface area is 698 Å². The summed E-state index contributed by atoms with van der Waals surface area (Å²) in [6.45, 7) is -0.815. The molecule has 21 N–H and O–H groups in total. The van der Waals surface area contributed by atoms with Crippen molar-refractivity contribution in [1.29, 1.82) is 10.8 Å². The van der Waals surface area contributed by atoms with Crippen molar-refractivity contribution in [3.63, 3.8) is 0 Å². The number of aromatic nitrogens is 6. The molecule has 37 heteroatoms. The molecule has 0 aliphatic carbocycles. The van der Waals surface area contributed by atoms with E-state index >= 15 is 57.5 Å². The highest BCUT2D eigenvalue weighted by Crippen LogP contribution is 2.35. The zero-order chi connectivity index (χ0) is 84.9. The van der Waals surface area contributed by atoms with Gasteiger partial charge in [-0.3, -0.25) is 68.4 Å². The van der Waals surface area contributed by atoms with Crippen LogP contribution >= 0.6 is 21.6 Å². The number of aromatic amines is 4. The number of nitrogens with two attached hydrogens (primary N) is 2. The first-order valence-electron chi connectivity index (χ1n) is 40.1. The fourth-order valence-electron chi connectivity index (χ4n) is 15.9. The maximum absolute atomic E-state index is 16.1. The molecule has 0 radical (unpaired) electrons. The smallest absolute Gasteiger partial charge is 0.246 e. The Morgan fingerprint density at radius 3 is 1.46 bits per heavy atom. The van der Waals surface area contributed by atoms with Crippen molar-refractivity contribution in [1.82, 2.24) is 87.6 Å². The van der Waals surface area contributed by atoms with Crippen LogP contribution in [0.5, 0.6) is 0 Å². The van der Waals surface area contributed by atoms with Crippen LogP contribution in [0.4, 0.5) is 0 Å². The fourth-order valence-corrected chi connectivity index (χ4v) is 18.4. The molecular formula is C83H101N21O14S2. The van der Waals surface area contributed by atoms with Crippen LogP contribution < -0.4 is 59.3 Å². The molecule has 0 saturated carbocycles. The Morgan fingerprint density at radius 1 is 0.442 bits per heavy atom. The van der Waals surface area contributed by atoms with Crippen LogP contribution in [0.2, 0.25) is 0 Å². The van der Waals surface area contributed by atoms with E-state index in [0.29, 0.717) is 49.8 Å². The van der Waals surface area contributed by atoms with Gasteiger partial charge < -0.3 is 99.3 Å². The molecular weight excluding hydrogens is 1580 g/mol. The predicted molar refractivity (Wildman–Crippen MR) is 447 cm³/mol. The van der Waals surface area contributed by atoms with E-state index in [1.54, 1.807) is 103 Å². The molecule has 14 atom stereocenters. The van der Waals surface area contributed by atoms with Crippen molar-refractivity contribution in [2.75, 3.05) is 37.7 Å². The second kappa shape index (κ2) is 41.4. The number of hydrogen-bond acceptors (Lipinski definition) is 20. The number of imidazole rings is 2. The van der Waals surface area contributed by atoms with Gasteiger partial charge in [0.2, 0.25) is 53.2 Å². The number of ketones is 3. The molecule has 4 aliphatic heterocycles. The Bertz CT molecular complexity index is 4670. The third-order valence-electron chi connectivity index (χ3n) is 22.1. The van der Waals surface area contributed by atoms with E-state index in [-0.39, 0.29) is 107 Å². The number of nitrogens with one attached hydrogen (secondary N) is 15. The Balaban J connectivity index is 0.992. The van der Waals surface area contributed by atoms with E-state index in [1.807, 2.05) is 18.2 Å². The lowest BCUT2D eigenvalue weighted by atomic mass is 9.84. The zero-order valence-electron chi connectivity index (χ0n) is 65.8. The number of carbonyl (C=O) groups is 12. The number of benzene rings is 4. The van der Waals surface area contributed by atoms with E-state index in [9.17, 15) is 10.2 Å². The van der Waals surface area contributed by atoms with Gasteiger partial charge in [-0.05, 0) is 66.5 Å². The second-order valence-electron chi connectivity index (χ2n) is 30.9. The number of H-pyrrole nitrogens is 4. The first kappa shape index (κ1) is 87.1. The second-order valence-corrected chi connectivity index (χ2v) is 33.4. The van der Waals surface area contributed by atoms with Gasteiger partial charge in [0.05, 0.1) is 60.2 Å². The molecule has 4 saturated heterocycles. The summed E-state index contributed by atoms with van der Waals surface area (Å²) in [7, 11) is 1.94. The van der Waals surface area contributed by atoms with Gasteiger partial charge in [-0.1, -0.05) is 119 Å². The van der Waals surface area contributed by atoms with Crippen LogP contribution in [-0.2, 0) is 96.1 Å². The average molecular weight is 1680 g/mol. The zero-order valence-corrected chi connectivity index (χ0v) is 67.5. The lowest BCUT2D eigenvalue weighted by Gasteiger charge is -2.31. The van der Waals surface area contributed by atoms with Crippen LogP contribution in [0.15, 0.2) is 147 Å². The van der Waals surface area contributed by atoms with Gasteiger partial charge >= 0.3 is 0 Å². The molecule has 35 nitrogen and oxygen atoms in total. The Hall–Kier alpha value is -12.2. The number of para-hydroxylation sites is 2. The van der Waals surface area contributed by atoms with Crippen LogP contribution in [0.1, 0.15) is 91.4 Å². The van der Waals surface area contributed by atoms with E-state index in [0.717, 1.165) is 26.5 Å². The number of guanidine groups is 2. The van der Waals surface area contributed by atoms with Crippen LogP contribution in [0, 0.1) is 28.6 Å². The Kier molecular flexibility index (Phi) is 30.1. The summed E-state index contributed by atoms with van der Waals surface area (Å²) in [5, 5.41) is 65.9.